The molecule has 2 nitrogen and oxygen atoms in total. The predicted molar refractivity (Wildman–Crippen MR) is 62.5 cm³/mol. The Labute approximate surface area is 93.3 Å². The van der Waals surface area contributed by atoms with Gasteiger partial charge in [0.15, 0.2) is 0 Å². The van der Waals surface area contributed by atoms with E-state index in [0.717, 1.165) is 16.2 Å². The number of anilines is 1. The zero-order valence-corrected chi connectivity index (χ0v) is 10.1. The van der Waals surface area contributed by atoms with Gasteiger partial charge in [-0.1, -0.05) is 0 Å². The molecule has 1 aliphatic carbocycles. The maximum atomic E-state index is 4.37. The highest BCUT2D eigenvalue weighted by Crippen LogP contribution is 2.34. The minimum atomic E-state index is 0.558. The van der Waals surface area contributed by atoms with Crippen molar-refractivity contribution in [1.29, 1.82) is 0 Å². The fourth-order valence-electron chi connectivity index (χ4n) is 1.62. The average molecular weight is 255 g/mol. The van der Waals surface area contributed by atoms with Gasteiger partial charge in [-0.2, -0.15) is 0 Å². The lowest BCUT2D eigenvalue weighted by Gasteiger charge is -2.15. The van der Waals surface area contributed by atoms with E-state index >= 15 is 0 Å². The standard InChI is InChI=1S/C11H15BrN2/c1-7-5-10(12)6-13-11(7)14-8(2)9-3-4-9/h5-6,8-9H,3-4H2,1-2H3,(H,13,14). The number of pyridine rings is 1. The Bertz CT molecular complexity index is 334. The monoisotopic (exact) mass is 254 g/mol. The molecule has 0 aromatic carbocycles. The molecule has 1 aromatic rings. The van der Waals surface area contributed by atoms with E-state index in [1.807, 2.05) is 6.20 Å². The van der Waals surface area contributed by atoms with Crippen LogP contribution in [0.4, 0.5) is 5.82 Å². The van der Waals surface area contributed by atoms with E-state index in [1.165, 1.54) is 18.4 Å². The highest BCUT2D eigenvalue weighted by molar-refractivity contribution is 9.10. The van der Waals surface area contributed by atoms with E-state index in [9.17, 15) is 0 Å². The fraction of sp³-hybridized carbons (Fsp3) is 0.545. The van der Waals surface area contributed by atoms with Gasteiger partial charge in [-0.05, 0) is 60.2 Å². The molecule has 1 aromatic heterocycles. The molecule has 1 N–H and O–H groups in total. The van der Waals surface area contributed by atoms with Crippen molar-refractivity contribution in [2.24, 2.45) is 5.92 Å². The number of rotatable bonds is 3. The first-order chi connectivity index (χ1) is 6.66. The van der Waals surface area contributed by atoms with Crippen molar-refractivity contribution in [3.05, 3.63) is 22.3 Å². The molecule has 1 saturated carbocycles. The predicted octanol–water partition coefficient (Wildman–Crippen LogP) is 3.36. The lowest BCUT2D eigenvalue weighted by Crippen LogP contribution is -2.18. The lowest BCUT2D eigenvalue weighted by molar-refractivity contribution is 0.690. The highest BCUT2D eigenvalue weighted by Gasteiger charge is 2.28. The van der Waals surface area contributed by atoms with E-state index in [-0.39, 0.29) is 0 Å². The van der Waals surface area contributed by atoms with E-state index in [4.69, 9.17) is 0 Å². The van der Waals surface area contributed by atoms with Crippen molar-refractivity contribution in [2.75, 3.05) is 5.32 Å². The molecule has 1 fully saturated rings. The molecule has 14 heavy (non-hydrogen) atoms. The van der Waals surface area contributed by atoms with Crippen molar-refractivity contribution >= 4 is 21.7 Å². The van der Waals surface area contributed by atoms with Crippen molar-refractivity contribution in [2.45, 2.75) is 32.7 Å². The van der Waals surface area contributed by atoms with Crippen LogP contribution in [0.5, 0.6) is 0 Å². The molecule has 76 valence electrons. The van der Waals surface area contributed by atoms with Crippen LogP contribution >= 0.6 is 15.9 Å². The number of aromatic nitrogens is 1. The van der Waals surface area contributed by atoms with Crippen LogP contribution < -0.4 is 5.32 Å². The Morgan fingerprint density at radius 1 is 1.57 bits per heavy atom. The van der Waals surface area contributed by atoms with E-state index in [1.54, 1.807) is 0 Å². The number of hydrogen-bond acceptors (Lipinski definition) is 2. The molecule has 1 atom stereocenters. The Hall–Kier alpha value is -0.570. The van der Waals surface area contributed by atoms with Crippen molar-refractivity contribution in [3.8, 4) is 0 Å². The fourth-order valence-corrected chi connectivity index (χ4v) is 2.07. The number of nitrogens with one attached hydrogen (secondary N) is 1. The van der Waals surface area contributed by atoms with Gasteiger partial charge < -0.3 is 5.32 Å². The Kier molecular flexibility index (Phi) is 2.77. The Morgan fingerprint density at radius 2 is 2.29 bits per heavy atom. The molecule has 0 spiro atoms. The second-order valence-corrected chi connectivity index (χ2v) is 5.01. The van der Waals surface area contributed by atoms with E-state index in [0.29, 0.717) is 6.04 Å². The molecule has 0 saturated heterocycles. The summed E-state index contributed by atoms with van der Waals surface area (Å²) < 4.78 is 1.04. The zero-order valence-electron chi connectivity index (χ0n) is 8.55. The maximum Gasteiger partial charge on any atom is 0.129 e. The zero-order chi connectivity index (χ0) is 10.1. The lowest BCUT2D eigenvalue weighted by atomic mass is 10.2. The van der Waals surface area contributed by atoms with Gasteiger partial charge in [-0.3, -0.25) is 0 Å². The van der Waals surface area contributed by atoms with Crippen molar-refractivity contribution in [3.63, 3.8) is 0 Å². The van der Waals surface area contributed by atoms with Crippen LogP contribution in [-0.4, -0.2) is 11.0 Å². The van der Waals surface area contributed by atoms with Crippen LogP contribution in [0.15, 0.2) is 16.7 Å². The number of nitrogens with zero attached hydrogens (tertiary/aromatic N) is 1. The maximum absolute atomic E-state index is 4.37. The third-order valence-electron chi connectivity index (χ3n) is 2.74. The summed E-state index contributed by atoms with van der Waals surface area (Å²) >= 11 is 3.41. The van der Waals surface area contributed by atoms with Gasteiger partial charge in [0.1, 0.15) is 5.82 Å². The summed E-state index contributed by atoms with van der Waals surface area (Å²) in [6.07, 6.45) is 4.57. The van der Waals surface area contributed by atoms with Gasteiger partial charge in [0.25, 0.3) is 0 Å². The molecule has 2 rings (SSSR count). The minimum Gasteiger partial charge on any atom is -0.367 e. The number of aryl methyl sites for hydroxylation is 1. The quantitative estimate of drug-likeness (QED) is 0.895. The molecule has 0 radical (unpaired) electrons. The molecule has 1 heterocycles. The second-order valence-electron chi connectivity index (χ2n) is 4.09. The van der Waals surface area contributed by atoms with Crippen LogP contribution in [0.1, 0.15) is 25.3 Å². The van der Waals surface area contributed by atoms with E-state index < -0.39 is 0 Å². The topological polar surface area (TPSA) is 24.9 Å². The second kappa shape index (κ2) is 3.89. The molecule has 0 amide bonds. The third kappa shape index (κ3) is 2.27. The first-order valence-electron chi connectivity index (χ1n) is 5.05. The van der Waals surface area contributed by atoms with Crippen LogP contribution in [-0.2, 0) is 0 Å². The summed E-state index contributed by atoms with van der Waals surface area (Å²) in [6.45, 7) is 4.32. The van der Waals surface area contributed by atoms with Gasteiger partial charge in [-0.15, -0.1) is 0 Å². The summed E-state index contributed by atoms with van der Waals surface area (Å²) in [5.41, 5.74) is 1.20. The van der Waals surface area contributed by atoms with E-state index in [2.05, 4.69) is 46.1 Å². The molecular formula is C11H15BrN2. The first kappa shape index (κ1) is 9.97. The van der Waals surface area contributed by atoms with Gasteiger partial charge in [0.05, 0.1) is 0 Å². The smallest absolute Gasteiger partial charge is 0.129 e. The van der Waals surface area contributed by atoms with Crippen LogP contribution in [0.3, 0.4) is 0 Å². The summed E-state index contributed by atoms with van der Waals surface area (Å²) in [7, 11) is 0. The molecule has 0 aliphatic heterocycles. The molecule has 1 aliphatic rings. The van der Waals surface area contributed by atoms with Gasteiger partial charge in [0.2, 0.25) is 0 Å². The summed E-state index contributed by atoms with van der Waals surface area (Å²) in [5.74, 6) is 1.88. The third-order valence-corrected chi connectivity index (χ3v) is 3.17. The van der Waals surface area contributed by atoms with Crippen LogP contribution in [0.25, 0.3) is 0 Å². The van der Waals surface area contributed by atoms with Crippen molar-refractivity contribution < 1.29 is 0 Å². The number of hydrogen-bond donors (Lipinski definition) is 1. The van der Waals surface area contributed by atoms with Gasteiger partial charge >= 0.3 is 0 Å². The Balaban J connectivity index is 2.07. The molecule has 0 bridgehead atoms. The summed E-state index contributed by atoms with van der Waals surface area (Å²) in [5, 5.41) is 3.47. The molecule has 1 unspecified atom stereocenters. The number of halogens is 1. The SMILES string of the molecule is Cc1cc(Br)cnc1NC(C)C1CC1. The average Bonchev–Trinajstić information content (AvgIpc) is 2.92. The van der Waals surface area contributed by atoms with Crippen LogP contribution in [0, 0.1) is 12.8 Å². The molecule has 3 heteroatoms. The molecular weight excluding hydrogens is 240 g/mol. The van der Waals surface area contributed by atoms with Gasteiger partial charge in [-0.25, -0.2) is 4.98 Å². The first-order valence-corrected chi connectivity index (χ1v) is 5.85. The van der Waals surface area contributed by atoms with Crippen molar-refractivity contribution in [1.82, 2.24) is 4.98 Å². The normalized spacial score (nSPS) is 17.9. The Morgan fingerprint density at radius 3 is 2.86 bits per heavy atom. The highest BCUT2D eigenvalue weighted by atomic mass is 79.9. The van der Waals surface area contributed by atoms with Crippen LogP contribution in [0.2, 0.25) is 0 Å². The minimum absolute atomic E-state index is 0.558. The largest absolute Gasteiger partial charge is 0.367 e. The summed E-state index contributed by atoms with van der Waals surface area (Å²) in [4.78, 5) is 4.37. The van der Waals surface area contributed by atoms with Gasteiger partial charge in [0, 0.05) is 16.7 Å². The summed E-state index contributed by atoms with van der Waals surface area (Å²) in [6, 6.07) is 2.65.